The molecule has 4 nitrogen and oxygen atoms in total. The Hall–Kier alpha value is -1.89. The topological polar surface area (TPSA) is 49.0 Å². The highest BCUT2D eigenvalue weighted by Gasteiger charge is 2.23. The average molecular weight is 379 g/mol. The molecule has 1 amide bonds. The molecule has 2 aromatic rings. The van der Waals surface area contributed by atoms with Crippen molar-refractivity contribution in [2.45, 2.75) is 32.7 Å². The van der Waals surface area contributed by atoms with Gasteiger partial charge in [-0.25, -0.2) is 8.78 Å². The largest absolute Gasteiger partial charge is 0.333 e. The number of nitrogens with zero attached hydrogens (tertiary/aromatic N) is 2. The maximum Gasteiger partial charge on any atom is 0.274 e. The second kappa shape index (κ2) is 8.66. The van der Waals surface area contributed by atoms with Crippen LogP contribution in [-0.2, 0) is 6.54 Å². The van der Waals surface area contributed by atoms with E-state index in [-0.39, 0.29) is 23.7 Å². The zero-order valence-electron chi connectivity index (χ0n) is 14.8. The number of halogens is 2. The molecule has 0 aliphatic carbocycles. The van der Waals surface area contributed by atoms with Crippen LogP contribution in [-0.4, -0.2) is 39.1 Å². The van der Waals surface area contributed by atoms with Gasteiger partial charge in [0.2, 0.25) is 0 Å². The molecule has 0 atom stereocenters. The van der Waals surface area contributed by atoms with E-state index in [1.165, 1.54) is 23.1 Å². The van der Waals surface area contributed by atoms with E-state index in [4.69, 9.17) is 0 Å². The van der Waals surface area contributed by atoms with Crippen molar-refractivity contribution in [2.75, 3.05) is 18.1 Å². The van der Waals surface area contributed by atoms with Crippen LogP contribution < -0.4 is 0 Å². The second-order valence-corrected chi connectivity index (χ2v) is 7.93. The van der Waals surface area contributed by atoms with Gasteiger partial charge in [-0.05, 0) is 61.8 Å². The maximum absolute atomic E-state index is 14.1. The minimum atomic E-state index is -0.630. The number of H-pyrrole nitrogens is 1. The minimum absolute atomic E-state index is 0.0766. The van der Waals surface area contributed by atoms with Crippen molar-refractivity contribution in [2.24, 2.45) is 5.92 Å². The van der Waals surface area contributed by atoms with Crippen LogP contribution in [0.2, 0.25) is 0 Å². The van der Waals surface area contributed by atoms with Crippen molar-refractivity contribution in [3.63, 3.8) is 0 Å². The zero-order chi connectivity index (χ0) is 18.5. The van der Waals surface area contributed by atoms with Crippen LogP contribution in [0.5, 0.6) is 0 Å². The molecule has 1 aliphatic rings. The standard InChI is InChI=1S/C19H23F2N3OS/c1-13-11-18(23-22-13)19(25)24(8-5-14-6-9-26-10-7-14)12-15-16(20)3-2-4-17(15)21/h2-4,11,14H,5-10,12H2,1H3,(H,22,23). The first-order valence-corrected chi connectivity index (χ1v) is 10.0. The molecule has 1 N–H and O–H groups in total. The van der Waals surface area contributed by atoms with Gasteiger partial charge in [0.05, 0.1) is 6.54 Å². The smallest absolute Gasteiger partial charge is 0.274 e. The molecule has 1 aliphatic heterocycles. The van der Waals surface area contributed by atoms with E-state index in [1.807, 2.05) is 18.7 Å². The van der Waals surface area contributed by atoms with E-state index >= 15 is 0 Å². The second-order valence-electron chi connectivity index (χ2n) is 6.71. The summed E-state index contributed by atoms with van der Waals surface area (Å²) in [4.78, 5) is 14.4. The Kier molecular flexibility index (Phi) is 6.29. The summed E-state index contributed by atoms with van der Waals surface area (Å²) >= 11 is 1.95. The van der Waals surface area contributed by atoms with Gasteiger partial charge in [-0.2, -0.15) is 16.9 Å². The van der Waals surface area contributed by atoms with Crippen LogP contribution in [0.1, 0.15) is 41.0 Å². The number of carbonyl (C=O) groups is 1. The Labute approximate surface area is 156 Å². The lowest BCUT2D eigenvalue weighted by molar-refractivity contribution is 0.0722. The summed E-state index contributed by atoms with van der Waals surface area (Å²) < 4.78 is 28.1. The number of nitrogens with one attached hydrogen (secondary N) is 1. The fourth-order valence-corrected chi connectivity index (χ4v) is 4.39. The number of aryl methyl sites for hydroxylation is 1. The number of aromatic amines is 1. The van der Waals surface area contributed by atoms with Crippen LogP contribution in [0.15, 0.2) is 24.3 Å². The molecule has 0 saturated carbocycles. The van der Waals surface area contributed by atoms with Crippen molar-refractivity contribution >= 4 is 17.7 Å². The molecule has 7 heteroatoms. The SMILES string of the molecule is Cc1cc(C(=O)N(CCC2CCSCC2)Cc2c(F)cccc2F)n[nH]1. The Morgan fingerprint density at radius 2 is 2.00 bits per heavy atom. The summed E-state index contributed by atoms with van der Waals surface area (Å²) in [5.41, 5.74) is 0.973. The third-order valence-electron chi connectivity index (χ3n) is 4.77. The molecule has 1 aromatic heterocycles. The maximum atomic E-state index is 14.1. The lowest BCUT2D eigenvalue weighted by Gasteiger charge is -2.27. The number of rotatable bonds is 6. The number of amides is 1. The number of thioether (sulfide) groups is 1. The number of hydrogen-bond acceptors (Lipinski definition) is 3. The van der Waals surface area contributed by atoms with Gasteiger partial charge in [-0.3, -0.25) is 9.89 Å². The molecule has 1 saturated heterocycles. The normalized spacial score (nSPS) is 15.2. The number of carbonyl (C=O) groups excluding carboxylic acids is 1. The molecule has 0 unspecified atom stereocenters. The third-order valence-corrected chi connectivity index (χ3v) is 5.82. The van der Waals surface area contributed by atoms with Crippen LogP contribution in [0, 0.1) is 24.5 Å². The number of hydrogen-bond donors (Lipinski definition) is 1. The predicted octanol–water partition coefficient (Wildman–Crippen LogP) is 4.17. The Morgan fingerprint density at radius 1 is 1.31 bits per heavy atom. The average Bonchev–Trinajstić information content (AvgIpc) is 3.07. The van der Waals surface area contributed by atoms with E-state index in [9.17, 15) is 13.6 Å². The lowest BCUT2D eigenvalue weighted by atomic mass is 9.98. The van der Waals surface area contributed by atoms with Gasteiger partial charge in [-0.15, -0.1) is 0 Å². The molecule has 1 aromatic carbocycles. The van der Waals surface area contributed by atoms with Gasteiger partial charge in [0.25, 0.3) is 5.91 Å². The summed E-state index contributed by atoms with van der Waals surface area (Å²) in [6.07, 6.45) is 3.09. The number of aromatic nitrogens is 2. The van der Waals surface area contributed by atoms with Crippen LogP contribution in [0.4, 0.5) is 8.78 Å². The summed E-state index contributed by atoms with van der Waals surface area (Å²) in [7, 11) is 0. The molecule has 2 heterocycles. The molecule has 1 fully saturated rings. The molecule has 0 spiro atoms. The van der Waals surface area contributed by atoms with E-state index in [0.29, 0.717) is 12.5 Å². The Balaban J connectivity index is 1.77. The van der Waals surface area contributed by atoms with Crippen molar-refractivity contribution in [3.8, 4) is 0 Å². The van der Waals surface area contributed by atoms with E-state index in [0.717, 1.165) is 36.5 Å². The summed E-state index contributed by atoms with van der Waals surface area (Å²) in [6, 6.07) is 5.43. The first-order valence-electron chi connectivity index (χ1n) is 8.86. The van der Waals surface area contributed by atoms with Gasteiger partial charge in [-0.1, -0.05) is 6.07 Å². The molecule has 3 rings (SSSR count). The van der Waals surface area contributed by atoms with E-state index in [2.05, 4.69) is 10.2 Å². The fourth-order valence-electron chi connectivity index (χ4n) is 3.19. The first kappa shape index (κ1) is 18.9. The van der Waals surface area contributed by atoms with Gasteiger partial charge in [0.15, 0.2) is 0 Å². The molecule has 140 valence electrons. The molecule has 26 heavy (non-hydrogen) atoms. The monoisotopic (exact) mass is 379 g/mol. The van der Waals surface area contributed by atoms with Crippen LogP contribution >= 0.6 is 11.8 Å². The van der Waals surface area contributed by atoms with Crippen molar-refractivity contribution < 1.29 is 13.6 Å². The fraction of sp³-hybridized carbons (Fsp3) is 0.474. The molecule has 0 bridgehead atoms. The zero-order valence-corrected chi connectivity index (χ0v) is 15.6. The number of benzene rings is 1. The Bertz CT molecular complexity index is 739. The highest BCUT2D eigenvalue weighted by molar-refractivity contribution is 7.99. The first-order chi connectivity index (χ1) is 12.5. The van der Waals surface area contributed by atoms with E-state index in [1.54, 1.807) is 6.07 Å². The predicted molar refractivity (Wildman–Crippen MR) is 99.1 cm³/mol. The molecule has 0 radical (unpaired) electrons. The summed E-state index contributed by atoms with van der Waals surface area (Å²) in [5, 5.41) is 6.76. The highest BCUT2D eigenvalue weighted by atomic mass is 32.2. The van der Waals surface area contributed by atoms with E-state index < -0.39 is 11.6 Å². The lowest BCUT2D eigenvalue weighted by Crippen LogP contribution is -2.34. The molecular weight excluding hydrogens is 356 g/mol. The summed E-state index contributed by atoms with van der Waals surface area (Å²) in [6.45, 7) is 2.18. The van der Waals surface area contributed by atoms with Crippen LogP contribution in [0.25, 0.3) is 0 Å². The van der Waals surface area contributed by atoms with Crippen molar-refractivity contribution in [3.05, 3.63) is 52.9 Å². The van der Waals surface area contributed by atoms with Crippen LogP contribution in [0.3, 0.4) is 0 Å². The highest BCUT2D eigenvalue weighted by Crippen LogP contribution is 2.26. The van der Waals surface area contributed by atoms with Gasteiger partial charge in [0.1, 0.15) is 17.3 Å². The van der Waals surface area contributed by atoms with Gasteiger partial charge >= 0.3 is 0 Å². The Morgan fingerprint density at radius 3 is 2.62 bits per heavy atom. The quantitative estimate of drug-likeness (QED) is 0.819. The van der Waals surface area contributed by atoms with Crippen molar-refractivity contribution in [1.29, 1.82) is 0 Å². The minimum Gasteiger partial charge on any atom is -0.333 e. The third kappa shape index (κ3) is 4.63. The van der Waals surface area contributed by atoms with Crippen molar-refractivity contribution in [1.82, 2.24) is 15.1 Å². The van der Waals surface area contributed by atoms with Gasteiger partial charge < -0.3 is 4.90 Å². The summed E-state index contributed by atoms with van der Waals surface area (Å²) in [5.74, 6) is 1.27. The van der Waals surface area contributed by atoms with Gasteiger partial charge in [0, 0.05) is 17.8 Å². The molecular formula is C19H23F2N3OS.